The van der Waals surface area contributed by atoms with E-state index < -0.39 is 3.23 Å². The fraction of sp³-hybridized carbons (Fsp3) is 0.533. The van der Waals surface area contributed by atoms with Crippen LogP contribution in [0.4, 0.5) is 5.69 Å². The van der Waals surface area contributed by atoms with Crippen molar-refractivity contribution in [3.05, 3.63) is 29.3 Å². The number of anilines is 1. The lowest BCUT2D eigenvalue weighted by atomic mass is 9.99. The molecule has 1 saturated heterocycles. The van der Waals surface area contributed by atoms with Crippen molar-refractivity contribution in [3.8, 4) is 0 Å². The van der Waals surface area contributed by atoms with Crippen LogP contribution in [0.5, 0.6) is 0 Å². The van der Waals surface area contributed by atoms with E-state index >= 15 is 0 Å². The molecule has 2 nitrogen and oxygen atoms in total. The molecule has 0 radical (unpaired) electrons. The molecule has 1 amide bonds. The predicted molar refractivity (Wildman–Crippen MR) is 87.4 cm³/mol. The molecule has 1 heterocycles. The lowest BCUT2D eigenvalue weighted by Crippen LogP contribution is -2.47. The van der Waals surface area contributed by atoms with Gasteiger partial charge in [-0.25, -0.2) is 0 Å². The van der Waals surface area contributed by atoms with Crippen molar-refractivity contribution in [1.29, 1.82) is 0 Å². The molecular weight excluding hydrogens is 370 g/mol. The van der Waals surface area contributed by atoms with Crippen LogP contribution in [-0.4, -0.2) is 15.7 Å². The van der Waals surface area contributed by atoms with Gasteiger partial charge in [0.1, 0.15) is 0 Å². The molecular formula is C15H19Br2NO. The number of nitrogens with zero attached hydrogens (tertiary/aromatic N) is 1. The molecule has 0 unspecified atom stereocenters. The lowest BCUT2D eigenvalue weighted by molar-refractivity contribution is -0.119. The van der Waals surface area contributed by atoms with E-state index in [4.69, 9.17) is 0 Å². The first-order valence-electron chi connectivity index (χ1n) is 6.81. The van der Waals surface area contributed by atoms with Crippen molar-refractivity contribution in [2.75, 3.05) is 11.4 Å². The summed E-state index contributed by atoms with van der Waals surface area (Å²) < 4.78 is -0.593. The molecule has 19 heavy (non-hydrogen) atoms. The van der Waals surface area contributed by atoms with Crippen molar-refractivity contribution in [3.63, 3.8) is 0 Å². The number of alkyl halides is 2. The van der Waals surface area contributed by atoms with Gasteiger partial charge in [0.05, 0.1) is 5.69 Å². The summed E-state index contributed by atoms with van der Waals surface area (Å²) >= 11 is 7.03. The van der Waals surface area contributed by atoms with E-state index in [1.54, 1.807) is 0 Å². The molecule has 0 spiro atoms. The van der Waals surface area contributed by atoms with Crippen LogP contribution in [-0.2, 0) is 17.6 Å². The zero-order valence-electron chi connectivity index (χ0n) is 11.4. The Bertz CT molecular complexity index is 463. The van der Waals surface area contributed by atoms with E-state index in [0.29, 0.717) is 0 Å². The second-order valence-corrected chi connectivity index (χ2v) is 8.67. The quantitative estimate of drug-likeness (QED) is 0.701. The van der Waals surface area contributed by atoms with Crippen molar-refractivity contribution in [2.45, 2.75) is 42.8 Å². The van der Waals surface area contributed by atoms with Crippen molar-refractivity contribution in [1.82, 2.24) is 0 Å². The first-order valence-corrected chi connectivity index (χ1v) is 8.40. The number of aryl methyl sites for hydroxylation is 2. The van der Waals surface area contributed by atoms with Gasteiger partial charge < -0.3 is 4.90 Å². The summed E-state index contributed by atoms with van der Waals surface area (Å²) in [7, 11) is 0. The molecule has 0 aromatic heterocycles. The summed E-state index contributed by atoms with van der Waals surface area (Å²) in [6.07, 6.45) is 3.73. The maximum Gasteiger partial charge on any atom is 0.254 e. The monoisotopic (exact) mass is 387 g/mol. The first-order chi connectivity index (χ1) is 9.01. The zero-order chi connectivity index (χ0) is 14.0. The van der Waals surface area contributed by atoms with E-state index in [1.165, 1.54) is 11.1 Å². The Kier molecular flexibility index (Phi) is 4.72. The van der Waals surface area contributed by atoms with Gasteiger partial charge in [-0.1, -0.05) is 63.9 Å². The third-order valence-electron chi connectivity index (χ3n) is 3.67. The van der Waals surface area contributed by atoms with E-state index in [-0.39, 0.29) is 5.91 Å². The average Bonchev–Trinajstić information content (AvgIpc) is 2.41. The number of rotatable bonds is 3. The number of halogens is 2. The average molecular weight is 389 g/mol. The number of hydrogen-bond acceptors (Lipinski definition) is 1. The Morgan fingerprint density at radius 1 is 1.21 bits per heavy atom. The van der Waals surface area contributed by atoms with Crippen LogP contribution in [0, 0.1) is 0 Å². The van der Waals surface area contributed by atoms with Crippen molar-refractivity contribution < 1.29 is 4.79 Å². The van der Waals surface area contributed by atoms with Crippen LogP contribution >= 0.6 is 31.9 Å². The van der Waals surface area contributed by atoms with Crippen LogP contribution in [0.3, 0.4) is 0 Å². The molecule has 0 saturated carbocycles. The second-order valence-electron chi connectivity index (χ2n) is 4.90. The number of piperidine rings is 1. The number of hydrogen-bond donors (Lipinski definition) is 0. The fourth-order valence-electron chi connectivity index (χ4n) is 2.64. The second kappa shape index (κ2) is 5.96. The minimum Gasteiger partial charge on any atom is -0.310 e. The van der Waals surface area contributed by atoms with E-state index in [2.05, 4.69) is 63.9 Å². The zero-order valence-corrected chi connectivity index (χ0v) is 14.6. The summed E-state index contributed by atoms with van der Waals surface area (Å²) in [4.78, 5) is 14.6. The van der Waals surface area contributed by atoms with Gasteiger partial charge in [-0.15, -0.1) is 0 Å². The van der Waals surface area contributed by atoms with Crippen LogP contribution in [0.2, 0.25) is 0 Å². The van der Waals surface area contributed by atoms with Gasteiger partial charge in [-0.05, 0) is 36.8 Å². The minimum atomic E-state index is -0.593. The Balaban J connectivity index is 2.48. The Hall–Kier alpha value is -0.350. The van der Waals surface area contributed by atoms with Gasteiger partial charge in [0.2, 0.25) is 0 Å². The Morgan fingerprint density at radius 2 is 1.79 bits per heavy atom. The lowest BCUT2D eigenvalue weighted by Gasteiger charge is -2.36. The number of para-hydroxylation sites is 1. The molecule has 0 aliphatic carbocycles. The van der Waals surface area contributed by atoms with Gasteiger partial charge in [-0.3, -0.25) is 4.79 Å². The van der Waals surface area contributed by atoms with E-state index in [0.717, 1.165) is 37.9 Å². The van der Waals surface area contributed by atoms with Crippen LogP contribution in [0.15, 0.2) is 18.2 Å². The molecule has 0 N–H and O–H groups in total. The van der Waals surface area contributed by atoms with E-state index in [9.17, 15) is 4.79 Å². The Morgan fingerprint density at radius 3 is 2.32 bits per heavy atom. The highest BCUT2D eigenvalue weighted by molar-refractivity contribution is 9.25. The first kappa shape index (κ1) is 15.0. The van der Waals surface area contributed by atoms with Crippen LogP contribution < -0.4 is 4.90 Å². The normalized spacial score (nSPS) is 18.7. The highest BCUT2D eigenvalue weighted by atomic mass is 79.9. The molecule has 1 aromatic carbocycles. The van der Waals surface area contributed by atoms with Crippen molar-refractivity contribution in [2.24, 2.45) is 0 Å². The van der Waals surface area contributed by atoms with Crippen molar-refractivity contribution >= 4 is 43.5 Å². The highest BCUT2D eigenvalue weighted by Gasteiger charge is 2.40. The Labute approximate surface area is 131 Å². The molecule has 1 aromatic rings. The SMILES string of the molecule is CCc1cccc(CC)c1N1CCCC(Br)(Br)C1=O. The molecule has 0 bridgehead atoms. The third-order valence-corrected chi connectivity index (χ3v) is 5.14. The maximum atomic E-state index is 12.6. The molecule has 1 aliphatic rings. The topological polar surface area (TPSA) is 20.3 Å². The molecule has 1 aliphatic heterocycles. The summed E-state index contributed by atoms with van der Waals surface area (Å²) in [5, 5.41) is 0. The summed E-state index contributed by atoms with van der Waals surface area (Å²) in [5.74, 6) is 0.120. The predicted octanol–water partition coefficient (Wildman–Crippen LogP) is 4.42. The minimum absolute atomic E-state index is 0.120. The number of carbonyl (C=O) groups excluding carboxylic acids is 1. The largest absolute Gasteiger partial charge is 0.310 e. The molecule has 2 rings (SSSR count). The summed E-state index contributed by atoms with van der Waals surface area (Å²) in [6, 6.07) is 6.34. The summed E-state index contributed by atoms with van der Waals surface area (Å²) in [5.41, 5.74) is 3.64. The molecule has 4 heteroatoms. The van der Waals surface area contributed by atoms with E-state index in [1.807, 2.05) is 4.90 Å². The summed E-state index contributed by atoms with van der Waals surface area (Å²) in [6.45, 7) is 5.09. The van der Waals surface area contributed by atoms with Gasteiger partial charge in [0.15, 0.2) is 3.23 Å². The fourth-order valence-corrected chi connectivity index (χ4v) is 3.63. The van der Waals surface area contributed by atoms with Gasteiger partial charge in [0, 0.05) is 6.54 Å². The molecule has 104 valence electrons. The van der Waals surface area contributed by atoms with Crippen LogP contribution in [0.1, 0.15) is 37.8 Å². The highest BCUT2D eigenvalue weighted by Crippen LogP contribution is 2.40. The number of benzene rings is 1. The van der Waals surface area contributed by atoms with Gasteiger partial charge in [0.25, 0.3) is 5.91 Å². The number of carbonyl (C=O) groups is 1. The standard InChI is InChI=1S/C15H19Br2NO/c1-3-11-7-5-8-12(4-2)13(11)18-10-6-9-15(16,17)14(18)19/h5,7-8H,3-4,6,9-10H2,1-2H3. The van der Waals surface area contributed by atoms with Crippen LogP contribution in [0.25, 0.3) is 0 Å². The van der Waals surface area contributed by atoms with Gasteiger partial charge in [-0.2, -0.15) is 0 Å². The maximum absolute atomic E-state index is 12.6. The molecule has 0 atom stereocenters. The van der Waals surface area contributed by atoms with Gasteiger partial charge >= 0.3 is 0 Å². The number of amides is 1. The molecule has 1 fully saturated rings. The third kappa shape index (κ3) is 2.89. The smallest absolute Gasteiger partial charge is 0.254 e.